The Hall–Kier alpha value is -0.120. The van der Waals surface area contributed by atoms with Crippen LogP contribution in [0.15, 0.2) is 0 Å². The zero-order chi connectivity index (χ0) is 11.0. The molecule has 0 rings (SSSR count). The van der Waals surface area contributed by atoms with Crippen molar-refractivity contribution in [2.45, 2.75) is 52.2 Å². The van der Waals surface area contributed by atoms with Gasteiger partial charge in [-0.3, -0.25) is 0 Å². The van der Waals surface area contributed by atoms with Gasteiger partial charge >= 0.3 is 0 Å². The van der Waals surface area contributed by atoms with Gasteiger partial charge in [0, 0.05) is 12.1 Å². The lowest BCUT2D eigenvalue weighted by molar-refractivity contribution is 0.0289. The van der Waals surface area contributed by atoms with Crippen LogP contribution in [0.1, 0.15) is 40.5 Å². The highest BCUT2D eigenvalue weighted by Gasteiger charge is 2.24. The van der Waals surface area contributed by atoms with Crippen LogP contribution in [0.4, 0.5) is 0 Å². The minimum atomic E-state index is -0.206. The number of aliphatic hydroxyl groups excluding tert-OH is 1. The van der Waals surface area contributed by atoms with Gasteiger partial charge in [0.15, 0.2) is 0 Å². The Kier molecular flexibility index (Phi) is 7.15. The molecule has 0 aromatic rings. The maximum Gasteiger partial charge on any atom is 0.0611 e. The van der Waals surface area contributed by atoms with E-state index in [2.05, 4.69) is 19.2 Å². The molecule has 14 heavy (non-hydrogen) atoms. The highest BCUT2D eigenvalue weighted by atomic mass is 16.5. The van der Waals surface area contributed by atoms with Crippen LogP contribution in [-0.2, 0) is 4.74 Å². The van der Waals surface area contributed by atoms with E-state index in [1.807, 2.05) is 13.8 Å². The molecule has 0 spiro atoms. The second-order valence-electron chi connectivity index (χ2n) is 4.13. The van der Waals surface area contributed by atoms with Crippen LogP contribution in [0.5, 0.6) is 0 Å². The molecule has 0 saturated carbocycles. The molecule has 0 bridgehead atoms. The predicted octanol–water partition coefficient (Wildman–Crippen LogP) is 1.55. The molecule has 0 aliphatic carbocycles. The number of ether oxygens (including phenoxy) is 1. The van der Waals surface area contributed by atoms with Crippen LogP contribution < -0.4 is 5.32 Å². The second-order valence-corrected chi connectivity index (χ2v) is 4.13. The first-order valence-electron chi connectivity index (χ1n) is 5.55. The van der Waals surface area contributed by atoms with Gasteiger partial charge < -0.3 is 15.2 Å². The summed E-state index contributed by atoms with van der Waals surface area (Å²) >= 11 is 0. The molecule has 0 aromatic carbocycles. The normalized spacial score (nSPS) is 17.8. The van der Waals surface area contributed by atoms with Crippen molar-refractivity contribution in [2.24, 2.45) is 0 Å². The maximum absolute atomic E-state index is 9.27. The molecule has 2 unspecified atom stereocenters. The molecule has 0 aliphatic heterocycles. The molecule has 0 aromatic heterocycles. The zero-order valence-corrected chi connectivity index (χ0v) is 9.97. The fourth-order valence-corrected chi connectivity index (χ4v) is 1.63. The van der Waals surface area contributed by atoms with Crippen molar-refractivity contribution in [3.05, 3.63) is 0 Å². The second kappa shape index (κ2) is 7.21. The Morgan fingerprint density at radius 1 is 1.43 bits per heavy atom. The van der Waals surface area contributed by atoms with Crippen LogP contribution in [0.3, 0.4) is 0 Å². The predicted molar refractivity (Wildman–Crippen MR) is 59.5 cm³/mol. The van der Waals surface area contributed by atoms with E-state index in [-0.39, 0.29) is 18.2 Å². The minimum absolute atomic E-state index is 0.153. The van der Waals surface area contributed by atoms with Crippen molar-refractivity contribution >= 4 is 0 Å². The van der Waals surface area contributed by atoms with Crippen molar-refractivity contribution in [3.8, 4) is 0 Å². The number of hydrogen-bond acceptors (Lipinski definition) is 3. The first-order valence-corrected chi connectivity index (χ1v) is 5.55. The van der Waals surface area contributed by atoms with Crippen LogP contribution in [-0.4, -0.2) is 36.5 Å². The van der Waals surface area contributed by atoms with Crippen molar-refractivity contribution in [3.63, 3.8) is 0 Å². The van der Waals surface area contributed by atoms with Crippen LogP contribution in [0.25, 0.3) is 0 Å². The number of aliphatic hydroxyl groups is 1. The molecule has 2 N–H and O–H groups in total. The summed E-state index contributed by atoms with van der Waals surface area (Å²) in [4.78, 5) is 0. The van der Waals surface area contributed by atoms with Gasteiger partial charge in [0.2, 0.25) is 0 Å². The Morgan fingerprint density at radius 2 is 2.07 bits per heavy atom. The summed E-state index contributed by atoms with van der Waals surface area (Å²) in [5.41, 5.74) is -0.206. The Bertz CT molecular complexity index is 141. The number of hydrogen-bond donors (Lipinski definition) is 2. The van der Waals surface area contributed by atoms with E-state index < -0.39 is 0 Å². The summed E-state index contributed by atoms with van der Waals surface area (Å²) in [6.07, 6.45) is 2.09. The van der Waals surface area contributed by atoms with E-state index in [9.17, 15) is 5.11 Å². The molecule has 0 saturated heterocycles. The van der Waals surface area contributed by atoms with E-state index in [4.69, 9.17) is 4.74 Å². The molecule has 86 valence electrons. The Labute approximate surface area is 87.8 Å². The molecule has 0 fully saturated rings. The lowest BCUT2D eigenvalue weighted by Crippen LogP contribution is -2.48. The molecule has 2 atom stereocenters. The lowest BCUT2D eigenvalue weighted by Gasteiger charge is -2.31. The smallest absolute Gasteiger partial charge is 0.0611 e. The van der Waals surface area contributed by atoms with Gasteiger partial charge in [-0.2, -0.15) is 0 Å². The Balaban J connectivity index is 3.89. The molecule has 0 amide bonds. The van der Waals surface area contributed by atoms with Gasteiger partial charge in [0.1, 0.15) is 0 Å². The molecule has 3 nitrogen and oxygen atoms in total. The van der Waals surface area contributed by atoms with E-state index in [0.29, 0.717) is 0 Å². The standard InChI is InChI=1S/C11H25NO2/c1-5-7-14-10(3)8-11(4,9-13)12-6-2/h10,12-13H,5-9H2,1-4H3. The van der Waals surface area contributed by atoms with Crippen molar-refractivity contribution in [2.75, 3.05) is 19.8 Å². The van der Waals surface area contributed by atoms with Crippen molar-refractivity contribution in [1.82, 2.24) is 5.32 Å². The molecular weight excluding hydrogens is 178 g/mol. The fourth-order valence-electron chi connectivity index (χ4n) is 1.63. The molecule has 0 radical (unpaired) electrons. The minimum Gasteiger partial charge on any atom is -0.394 e. The largest absolute Gasteiger partial charge is 0.394 e. The quantitative estimate of drug-likeness (QED) is 0.629. The summed E-state index contributed by atoms with van der Waals surface area (Å²) in [6, 6.07) is 0. The van der Waals surface area contributed by atoms with E-state index >= 15 is 0 Å². The third-order valence-electron chi connectivity index (χ3n) is 2.30. The number of nitrogens with one attached hydrogen (secondary N) is 1. The lowest BCUT2D eigenvalue weighted by atomic mass is 9.96. The van der Waals surface area contributed by atoms with E-state index in [1.165, 1.54) is 0 Å². The summed E-state index contributed by atoms with van der Waals surface area (Å²) < 4.78 is 5.58. The first-order chi connectivity index (χ1) is 6.58. The zero-order valence-electron chi connectivity index (χ0n) is 9.97. The number of likely N-dealkylation sites (N-methyl/N-ethyl adjacent to an activating group) is 1. The summed E-state index contributed by atoms with van der Waals surface area (Å²) in [6.45, 7) is 10.1. The molecule has 3 heteroatoms. The van der Waals surface area contributed by atoms with Gasteiger partial charge in [0.25, 0.3) is 0 Å². The van der Waals surface area contributed by atoms with E-state index in [1.54, 1.807) is 0 Å². The third-order valence-corrected chi connectivity index (χ3v) is 2.30. The van der Waals surface area contributed by atoms with Gasteiger partial charge in [0.05, 0.1) is 12.7 Å². The summed E-state index contributed by atoms with van der Waals surface area (Å²) in [5, 5.41) is 12.6. The van der Waals surface area contributed by atoms with Crippen LogP contribution >= 0.6 is 0 Å². The summed E-state index contributed by atoms with van der Waals surface area (Å²) in [5.74, 6) is 0. The topological polar surface area (TPSA) is 41.5 Å². The highest BCUT2D eigenvalue weighted by molar-refractivity contribution is 4.83. The Morgan fingerprint density at radius 3 is 2.50 bits per heavy atom. The molecular formula is C11H25NO2. The van der Waals surface area contributed by atoms with Crippen LogP contribution in [0, 0.1) is 0 Å². The fraction of sp³-hybridized carbons (Fsp3) is 1.00. The van der Waals surface area contributed by atoms with Crippen molar-refractivity contribution in [1.29, 1.82) is 0 Å². The first kappa shape index (κ1) is 13.9. The van der Waals surface area contributed by atoms with Crippen LogP contribution in [0.2, 0.25) is 0 Å². The van der Waals surface area contributed by atoms with Gasteiger partial charge in [-0.05, 0) is 33.2 Å². The monoisotopic (exact) mass is 203 g/mol. The van der Waals surface area contributed by atoms with E-state index in [0.717, 1.165) is 26.0 Å². The maximum atomic E-state index is 9.27. The highest BCUT2D eigenvalue weighted by Crippen LogP contribution is 2.13. The van der Waals surface area contributed by atoms with Gasteiger partial charge in [-0.1, -0.05) is 13.8 Å². The number of rotatable bonds is 8. The average molecular weight is 203 g/mol. The van der Waals surface area contributed by atoms with Crippen molar-refractivity contribution < 1.29 is 9.84 Å². The summed E-state index contributed by atoms with van der Waals surface area (Å²) in [7, 11) is 0. The van der Waals surface area contributed by atoms with Gasteiger partial charge in [-0.25, -0.2) is 0 Å². The SMILES string of the molecule is CCCOC(C)CC(C)(CO)NCC. The molecule has 0 heterocycles. The molecule has 0 aliphatic rings. The third kappa shape index (κ3) is 5.58. The average Bonchev–Trinajstić information content (AvgIpc) is 2.15. The van der Waals surface area contributed by atoms with Gasteiger partial charge in [-0.15, -0.1) is 0 Å².